The number of carbonyl (C=O) groups is 1. The van der Waals surface area contributed by atoms with E-state index in [4.69, 9.17) is 4.74 Å². The third-order valence-corrected chi connectivity index (χ3v) is 2.47. The maximum absolute atomic E-state index is 11.5. The van der Waals surface area contributed by atoms with Crippen molar-refractivity contribution in [2.24, 2.45) is 0 Å². The number of hydrogen-bond acceptors (Lipinski definition) is 3. The molecule has 1 aromatic carbocycles. The number of aromatic hydroxyl groups is 1. The largest absolute Gasteiger partial charge is 0.508 e. The Labute approximate surface area is 98.4 Å². The Hall–Kier alpha value is -2.01. The number of anilines is 1. The maximum atomic E-state index is 11.5. The molecule has 0 saturated heterocycles. The van der Waals surface area contributed by atoms with Gasteiger partial charge in [0.05, 0.1) is 18.7 Å². The number of hydrogen-bond donors (Lipinski definition) is 3. The van der Waals surface area contributed by atoms with Gasteiger partial charge in [-0.1, -0.05) is 0 Å². The molecule has 0 saturated carbocycles. The van der Waals surface area contributed by atoms with E-state index in [0.29, 0.717) is 18.7 Å². The van der Waals surface area contributed by atoms with Crippen molar-refractivity contribution < 1.29 is 14.6 Å². The maximum Gasteiger partial charge on any atom is 0.226 e. The van der Waals surface area contributed by atoms with Crippen LogP contribution in [0.25, 0.3) is 10.9 Å². The second-order valence-electron chi connectivity index (χ2n) is 3.72. The van der Waals surface area contributed by atoms with Crippen LogP contribution in [0.3, 0.4) is 0 Å². The van der Waals surface area contributed by atoms with Crippen LogP contribution in [0.15, 0.2) is 24.4 Å². The van der Waals surface area contributed by atoms with Gasteiger partial charge in [0.15, 0.2) is 0 Å². The standard InChI is InChI=1S/C12H14N2O3/c1-17-5-4-12(16)14-11-7-13-10-3-2-8(15)6-9(10)11/h2-3,6-7,13,15H,4-5H2,1H3,(H,14,16). The van der Waals surface area contributed by atoms with Gasteiger partial charge in [0, 0.05) is 24.2 Å². The number of rotatable bonds is 4. The van der Waals surface area contributed by atoms with Crippen LogP contribution in [0.2, 0.25) is 0 Å². The molecule has 0 aliphatic carbocycles. The molecule has 5 heteroatoms. The van der Waals surface area contributed by atoms with E-state index >= 15 is 0 Å². The molecule has 2 rings (SSSR count). The highest BCUT2D eigenvalue weighted by Gasteiger charge is 2.07. The van der Waals surface area contributed by atoms with Crippen LogP contribution in [0, 0.1) is 0 Å². The number of aromatic amines is 1. The first-order valence-corrected chi connectivity index (χ1v) is 5.29. The number of H-pyrrole nitrogens is 1. The minimum atomic E-state index is -0.115. The van der Waals surface area contributed by atoms with Crippen LogP contribution in [-0.4, -0.2) is 29.7 Å². The Balaban J connectivity index is 2.18. The quantitative estimate of drug-likeness (QED) is 0.755. The summed E-state index contributed by atoms with van der Waals surface area (Å²) in [4.78, 5) is 14.6. The minimum Gasteiger partial charge on any atom is -0.508 e. The van der Waals surface area contributed by atoms with Crippen molar-refractivity contribution in [3.63, 3.8) is 0 Å². The number of benzene rings is 1. The van der Waals surface area contributed by atoms with Crippen molar-refractivity contribution in [2.45, 2.75) is 6.42 Å². The van der Waals surface area contributed by atoms with Crippen molar-refractivity contribution >= 4 is 22.5 Å². The molecule has 0 spiro atoms. The molecule has 0 aliphatic heterocycles. The second kappa shape index (κ2) is 4.88. The molecule has 0 atom stereocenters. The monoisotopic (exact) mass is 234 g/mol. The van der Waals surface area contributed by atoms with Crippen LogP contribution in [-0.2, 0) is 9.53 Å². The number of ether oxygens (including phenoxy) is 1. The van der Waals surface area contributed by atoms with E-state index in [9.17, 15) is 9.90 Å². The van der Waals surface area contributed by atoms with Crippen LogP contribution in [0.4, 0.5) is 5.69 Å². The van der Waals surface area contributed by atoms with Gasteiger partial charge in [-0.25, -0.2) is 0 Å². The van der Waals surface area contributed by atoms with Gasteiger partial charge in [0.2, 0.25) is 5.91 Å². The molecule has 1 aromatic heterocycles. The molecule has 1 amide bonds. The summed E-state index contributed by atoms with van der Waals surface area (Å²) in [6.45, 7) is 0.388. The Bertz CT molecular complexity index is 534. The van der Waals surface area contributed by atoms with E-state index in [1.165, 1.54) is 0 Å². The normalized spacial score (nSPS) is 10.6. The topological polar surface area (TPSA) is 74.3 Å². The van der Waals surface area contributed by atoms with E-state index in [1.54, 1.807) is 31.5 Å². The summed E-state index contributed by atoms with van der Waals surface area (Å²) in [7, 11) is 1.55. The number of phenolic OH excluding ortho intramolecular Hbond substituents is 1. The van der Waals surface area contributed by atoms with Gasteiger partial charge in [0.1, 0.15) is 5.75 Å². The number of amides is 1. The summed E-state index contributed by atoms with van der Waals surface area (Å²) in [6, 6.07) is 4.96. The smallest absolute Gasteiger partial charge is 0.226 e. The molecular formula is C12H14N2O3. The average molecular weight is 234 g/mol. The van der Waals surface area contributed by atoms with Crippen LogP contribution in [0.1, 0.15) is 6.42 Å². The van der Waals surface area contributed by atoms with Crippen LogP contribution in [0.5, 0.6) is 5.75 Å². The lowest BCUT2D eigenvalue weighted by atomic mass is 10.2. The van der Waals surface area contributed by atoms with E-state index in [1.807, 2.05) is 0 Å². The zero-order valence-electron chi connectivity index (χ0n) is 9.49. The predicted octanol–water partition coefficient (Wildman–Crippen LogP) is 1.85. The molecule has 0 aliphatic rings. The molecule has 0 radical (unpaired) electrons. The predicted molar refractivity (Wildman–Crippen MR) is 65.1 cm³/mol. The highest BCUT2D eigenvalue weighted by atomic mass is 16.5. The molecule has 0 unspecified atom stereocenters. The first-order valence-electron chi connectivity index (χ1n) is 5.29. The molecule has 3 N–H and O–H groups in total. The molecule has 5 nitrogen and oxygen atoms in total. The van der Waals surface area contributed by atoms with Gasteiger partial charge in [-0.2, -0.15) is 0 Å². The summed E-state index contributed by atoms with van der Waals surface area (Å²) in [6.07, 6.45) is 2.01. The zero-order valence-corrected chi connectivity index (χ0v) is 9.49. The molecule has 1 heterocycles. The summed E-state index contributed by atoms with van der Waals surface area (Å²) >= 11 is 0. The zero-order chi connectivity index (χ0) is 12.3. The fourth-order valence-corrected chi connectivity index (χ4v) is 1.62. The number of nitrogens with one attached hydrogen (secondary N) is 2. The van der Waals surface area contributed by atoms with E-state index in [0.717, 1.165) is 10.9 Å². The number of methoxy groups -OCH3 is 1. The highest BCUT2D eigenvalue weighted by Crippen LogP contribution is 2.26. The Morgan fingerprint density at radius 1 is 1.53 bits per heavy atom. The van der Waals surface area contributed by atoms with Gasteiger partial charge >= 0.3 is 0 Å². The van der Waals surface area contributed by atoms with Gasteiger partial charge in [0.25, 0.3) is 0 Å². The van der Waals surface area contributed by atoms with Crippen LogP contribution < -0.4 is 5.32 Å². The number of phenols is 1. The first kappa shape index (κ1) is 11.5. The van der Waals surface area contributed by atoms with Crippen molar-refractivity contribution in [3.05, 3.63) is 24.4 Å². The van der Waals surface area contributed by atoms with E-state index in [2.05, 4.69) is 10.3 Å². The van der Waals surface area contributed by atoms with Gasteiger partial charge in [-0.05, 0) is 18.2 Å². The number of aromatic nitrogens is 1. The third kappa shape index (κ3) is 2.57. The van der Waals surface area contributed by atoms with Gasteiger partial charge < -0.3 is 20.1 Å². The number of carbonyl (C=O) groups excluding carboxylic acids is 1. The Morgan fingerprint density at radius 3 is 3.12 bits per heavy atom. The molecule has 0 fully saturated rings. The molecule has 17 heavy (non-hydrogen) atoms. The lowest BCUT2D eigenvalue weighted by Gasteiger charge is -2.03. The molecule has 0 bridgehead atoms. The Kier molecular flexibility index (Phi) is 3.30. The average Bonchev–Trinajstić information content (AvgIpc) is 2.69. The van der Waals surface area contributed by atoms with Crippen molar-refractivity contribution in [1.29, 1.82) is 0 Å². The van der Waals surface area contributed by atoms with Crippen molar-refractivity contribution in [2.75, 3.05) is 19.0 Å². The fourth-order valence-electron chi connectivity index (χ4n) is 1.62. The highest BCUT2D eigenvalue weighted by molar-refractivity contribution is 6.02. The molecular weight excluding hydrogens is 220 g/mol. The second-order valence-corrected chi connectivity index (χ2v) is 3.72. The summed E-state index contributed by atoms with van der Waals surface area (Å²) in [5.74, 6) is 0.0561. The van der Waals surface area contributed by atoms with Crippen LogP contribution >= 0.6 is 0 Å². The lowest BCUT2D eigenvalue weighted by molar-refractivity contribution is -0.117. The summed E-state index contributed by atoms with van der Waals surface area (Å²) < 4.78 is 4.83. The number of fused-ring (bicyclic) bond motifs is 1. The van der Waals surface area contributed by atoms with Crippen molar-refractivity contribution in [1.82, 2.24) is 4.98 Å². The third-order valence-electron chi connectivity index (χ3n) is 2.47. The van der Waals surface area contributed by atoms with Gasteiger partial charge in [-0.3, -0.25) is 4.79 Å². The molecule has 2 aromatic rings. The first-order chi connectivity index (χ1) is 8.20. The van der Waals surface area contributed by atoms with E-state index in [-0.39, 0.29) is 11.7 Å². The SMILES string of the molecule is COCCC(=O)Nc1c[nH]c2ccc(O)cc12. The molecule has 90 valence electrons. The minimum absolute atomic E-state index is 0.115. The lowest BCUT2D eigenvalue weighted by Crippen LogP contribution is -2.13. The Morgan fingerprint density at radius 2 is 2.35 bits per heavy atom. The summed E-state index contributed by atoms with van der Waals surface area (Å²) in [5.41, 5.74) is 1.53. The summed E-state index contributed by atoms with van der Waals surface area (Å²) in [5, 5.41) is 13.0. The van der Waals surface area contributed by atoms with Gasteiger partial charge in [-0.15, -0.1) is 0 Å². The van der Waals surface area contributed by atoms with Crippen molar-refractivity contribution in [3.8, 4) is 5.75 Å². The fraction of sp³-hybridized carbons (Fsp3) is 0.250. The van der Waals surface area contributed by atoms with E-state index < -0.39 is 0 Å².